The van der Waals surface area contributed by atoms with Crippen LogP contribution in [0.25, 0.3) is 0 Å². The van der Waals surface area contributed by atoms with Gasteiger partial charge in [-0.15, -0.1) is 0 Å². The Morgan fingerprint density at radius 3 is 1.63 bits per heavy atom. The van der Waals surface area contributed by atoms with Gasteiger partial charge in [0.2, 0.25) is 0 Å². The number of fused-ring (bicyclic) bond motifs is 2. The molecule has 1 heterocycles. The maximum atomic E-state index is 12.1. The van der Waals surface area contributed by atoms with E-state index in [2.05, 4.69) is 0 Å². The van der Waals surface area contributed by atoms with Crippen LogP contribution in [0.15, 0.2) is 42.5 Å². The van der Waals surface area contributed by atoms with Gasteiger partial charge in [-0.2, -0.15) is 0 Å². The highest BCUT2D eigenvalue weighted by atomic mass is 127. The first kappa shape index (κ1) is 20.2. The molecular formula is C19H10I4O4. The highest BCUT2D eigenvalue weighted by Crippen LogP contribution is 2.56. The van der Waals surface area contributed by atoms with Crippen molar-refractivity contribution >= 4 is 90.4 Å². The van der Waals surface area contributed by atoms with Gasteiger partial charge in [0.25, 0.3) is 0 Å². The Kier molecular flexibility index (Phi) is 5.48. The molecule has 0 saturated carbocycles. The molecule has 0 fully saturated rings. The molecule has 1 aliphatic rings. The summed E-state index contributed by atoms with van der Waals surface area (Å²) in [4.78, 5) is 0. The van der Waals surface area contributed by atoms with Crippen LogP contribution in [0.2, 0.25) is 0 Å². The minimum atomic E-state index is -1.48. The normalized spacial score (nSPS) is 14.3. The van der Waals surface area contributed by atoms with Crippen molar-refractivity contribution in [1.82, 2.24) is 0 Å². The summed E-state index contributed by atoms with van der Waals surface area (Å²) >= 11 is 8.13. The van der Waals surface area contributed by atoms with E-state index in [4.69, 9.17) is 4.74 Å². The lowest BCUT2D eigenvalue weighted by atomic mass is 9.78. The van der Waals surface area contributed by atoms with E-state index in [0.29, 0.717) is 42.5 Å². The van der Waals surface area contributed by atoms with Crippen LogP contribution in [0.4, 0.5) is 0 Å². The molecule has 1 aliphatic heterocycles. The Hall–Kier alpha value is -0.0600. The summed E-state index contributed by atoms with van der Waals surface area (Å²) in [5, 5.41) is 32.8. The molecule has 8 heteroatoms. The predicted octanol–water partition coefficient (Wildman–Crippen LogP) is 5.91. The molecule has 0 aromatic heterocycles. The fourth-order valence-electron chi connectivity index (χ4n) is 3.16. The molecule has 138 valence electrons. The number of aliphatic hydroxyl groups is 1. The second-order valence-electron chi connectivity index (χ2n) is 5.97. The quantitative estimate of drug-likeness (QED) is 0.268. The minimum Gasteiger partial charge on any atom is -0.506 e. The highest BCUT2D eigenvalue weighted by Gasteiger charge is 2.45. The number of phenols is 2. The van der Waals surface area contributed by atoms with Crippen LogP contribution >= 0.6 is 90.4 Å². The number of phenolic OH excluding ortho intramolecular Hbond substituents is 2. The molecule has 0 spiro atoms. The maximum Gasteiger partial charge on any atom is 0.151 e. The second-order valence-corrected chi connectivity index (χ2v) is 10.5. The van der Waals surface area contributed by atoms with Gasteiger partial charge in [-0.25, -0.2) is 0 Å². The van der Waals surface area contributed by atoms with E-state index in [1.54, 1.807) is 12.1 Å². The smallest absolute Gasteiger partial charge is 0.151 e. The van der Waals surface area contributed by atoms with E-state index in [1.807, 2.05) is 121 Å². The monoisotopic (exact) mass is 810 g/mol. The van der Waals surface area contributed by atoms with Gasteiger partial charge in [0, 0.05) is 11.1 Å². The Labute approximate surface area is 209 Å². The van der Waals surface area contributed by atoms with Crippen LogP contribution in [0.3, 0.4) is 0 Å². The summed E-state index contributed by atoms with van der Waals surface area (Å²) in [6.07, 6.45) is 0. The van der Waals surface area contributed by atoms with Crippen LogP contribution in [0.1, 0.15) is 16.7 Å². The van der Waals surface area contributed by atoms with Crippen LogP contribution in [-0.4, -0.2) is 15.3 Å². The molecule has 0 amide bonds. The van der Waals surface area contributed by atoms with Gasteiger partial charge in [0.05, 0.1) is 14.3 Å². The number of ether oxygens (including phenoxy) is 1. The van der Waals surface area contributed by atoms with Crippen molar-refractivity contribution < 1.29 is 20.1 Å². The lowest BCUT2D eigenvalue weighted by Crippen LogP contribution is -2.33. The van der Waals surface area contributed by atoms with Gasteiger partial charge in [-0.05, 0) is 108 Å². The standard InChI is InChI=1S/C19H10I4O4/c20-11-6-9-17(13(22)15(11)24)27-18-10(7-12(21)16(25)14(18)23)19(9,26)8-4-2-1-3-5-8/h1-7,24-26H. The van der Waals surface area contributed by atoms with E-state index in [9.17, 15) is 15.3 Å². The summed E-state index contributed by atoms with van der Waals surface area (Å²) in [7, 11) is 0. The SMILES string of the molecule is Oc1c(I)cc2c(c1I)Oc1c(cc(I)c(O)c1I)C2(O)c1ccccc1. The molecule has 0 bridgehead atoms. The van der Waals surface area contributed by atoms with E-state index >= 15 is 0 Å². The second kappa shape index (κ2) is 7.32. The summed E-state index contributed by atoms with van der Waals surface area (Å²) in [6, 6.07) is 12.8. The van der Waals surface area contributed by atoms with Gasteiger partial charge < -0.3 is 20.1 Å². The average molecular weight is 810 g/mol. The van der Waals surface area contributed by atoms with Gasteiger partial charge in [0.1, 0.15) is 17.1 Å². The molecule has 0 aliphatic carbocycles. The van der Waals surface area contributed by atoms with E-state index in [-0.39, 0.29) is 11.5 Å². The van der Waals surface area contributed by atoms with Crippen LogP contribution < -0.4 is 4.74 Å². The van der Waals surface area contributed by atoms with Crippen LogP contribution in [0.5, 0.6) is 23.0 Å². The number of rotatable bonds is 1. The van der Waals surface area contributed by atoms with Gasteiger partial charge >= 0.3 is 0 Å². The number of benzene rings is 3. The van der Waals surface area contributed by atoms with Crippen molar-refractivity contribution in [1.29, 1.82) is 0 Å². The van der Waals surface area contributed by atoms with Crippen molar-refractivity contribution in [2.45, 2.75) is 5.60 Å². The number of halogens is 4. The third kappa shape index (κ3) is 3.04. The van der Waals surface area contributed by atoms with Gasteiger partial charge in [0.15, 0.2) is 11.5 Å². The third-order valence-corrected chi connectivity index (χ3v) is 8.12. The van der Waals surface area contributed by atoms with E-state index < -0.39 is 5.60 Å². The van der Waals surface area contributed by atoms with Crippen LogP contribution in [-0.2, 0) is 5.60 Å². The largest absolute Gasteiger partial charge is 0.506 e. The maximum absolute atomic E-state index is 12.1. The predicted molar refractivity (Wildman–Crippen MR) is 136 cm³/mol. The molecule has 0 saturated heterocycles. The van der Waals surface area contributed by atoms with Gasteiger partial charge in [-0.1, -0.05) is 30.3 Å². The molecule has 27 heavy (non-hydrogen) atoms. The first-order valence-corrected chi connectivity index (χ1v) is 12.0. The Bertz CT molecular complexity index is 1020. The Balaban J connectivity index is 2.16. The molecule has 3 aromatic carbocycles. The molecule has 4 nitrogen and oxygen atoms in total. The van der Waals surface area contributed by atoms with Crippen molar-refractivity contribution in [2.75, 3.05) is 0 Å². The van der Waals surface area contributed by atoms with Crippen molar-refractivity contribution in [3.8, 4) is 23.0 Å². The summed E-state index contributed by atoms with van der Waals surface area (Å²) in [5.74, 6) is 1.01. The fourth-order valence-corrected chi connectivity index (χ4v) is 6.73. The molecule has 4 rings (SSSR count). The van der Waals surface area contributed by atoms with Crippen molar-refractivity contribution in [2.24, 2.45) is 0 Å². The van der Waals surface area contributed by atoms with Crippen LogP contribution in [0, 0.1) is 14.3 Å². The first-order valence-electron chi connectivity index (χ1n) is 7.65. The highest BCUT2D eigenvalue weighted by molar-refractivity contribution is 14.1. The molecule has 0 unspecified atom stereocenters. The summed E-state index contributed by atoms with van der Waals surface area (Å²) in [6.45, 7) is 0. The lowest BCUT2D eigenvalue weighted by molar-refractivity contribution is 0.111. The zero-order valence-corrected chi connectivity index (χ0v) is 21.9. The van der Waals surface area contributed by atoms with Crippen molar-refractivity contribution in [3.05, 3.63) is 73.4 Å². The topological polar surface area (TPSA) is 69.9 Å². The average Bonchev–Trinajstić information content (AvgIpc) is 2.67. The number of aromatic hydroxyl groups is 2. The Morgan fingerprint density at radius 1 is 0.741 bits per heavy atom. The first-order chi connectivity index (χ1) is 12.8. The fraction of sp³-hybridized carbons (Fsp3) is 0.0526. The zero-order chi connectivity index (χ0) is 19.5. The molecule has 0 atom stereocenters. The minimum absolute atomic E-state index is 0.110. The van der Waals surface area contributed by atoms with Gasteiger partial charge in [-0.3, -0.25) is 0 Å². The lowest BCUT2D eigenvalue weighted by Gasteiger charge is -2.38. The molecule has 3 aromatic rings. The number of hydrogen-bond donors (Lipinski definition) is 3. The van der Waals surface area contributed by atoms with E-state index in [1.165, 1.54) is 0 Å². The zero-order valence-electron chi connectivity index (χ0n) is 13.3. The Morgan fingerprint density at radius 2 is 1.19 bits per heavy atom. The summed E-state index contributed by atoms with van der Waals surface area (Å²) in [5.41, 5.74) is 0.325. The molecular weight excluding hydrogens is 800 g/mol. The van der Waals surface area contributed by atoms with E-state index in [0.717, 1.165) is 0 Å². The number of hydrogen-bond acceptors (Lipinski definition) is 4. The molecule has 0 radical (unpaired) electrons. The third-order valence-electron chi connectivity index (χ3n) is 4.47. The summed E-state index contributed by atoms with van der Waals surface area (Å²) < 4.78 is 8.41. The molecule has 3 N–H and O–H groups in total. The van der Waals surface area contributed by atoms with Crippen molar-refractivity contribution in [3.63, 3.8) is 0 Å².